The molecule has 1 aliphatic rings. The number of carbonyl (C=O) groups excluding carboxylic acids is 7. The fourth-order valence-electron chi connectivity index (χ4n) is 7.74. The van der Waals surface area contributed by atoms with Gasteiger partial charge in [0.25, 0.3) is 11.8 Å². The summed E-state index contributed by atoms with van der Waals surface area (Å²) in [5.74, 6) is -9.51. The van der Waals surface area contributed by atoms with Crippen LogP contribution in [0.15, 0.2) is 72.1 Å². The Hall–Kier alpha value is -4.97. The van der Waals surface area contributed by atoms with E-state index in [4.69, 9.17) is 11.5 Å². The Morgan fingerprint density at radius 3 is 2.00 bits per heavy atom. The smallest absolute Gasteiger partial charge is 1.00 e. The molecule has 1 fully saturated rings. The molecule has 4 aromatic rings. The van der Waals surface area contributed by atoms with Crippen LogP contribution in [0.1, 0.15) is 47.9 Å². The van der Waals surface area contributed by atoms with E-state index in [2.05, 4.69) is 25.8 Å². The summed E-state index contributed by atoms with van der Waals surface area (Å²) in [5.41, 5.74) is 14.1. The molecule has 0 aliphatic carbocycles. The second kappa shape index (κ2) is 27.3. The van der Waals surface area contributed by atoms with Crippen LogP contribution >= 0.6 is 11.3 Å². The van der Waals surface area contributed by atoms with Crippen LogP contribution in [-0.4, -0.2) is 142 Å². The Morgan fingerprint density at radius 2 is 1.41 bits per heavy atom. The van der Waals surface area contributed by atoms with Crippen LogP contribution in [0.3, 0.4) is 0 Å². The maximum atomic E-state index is 15.0. The van der Waals surface area contributed by atoms with Crippen molar-refractivity contribution in [1.82, 2.24) is 30.7 Å². The van der Waals surface area contributed by atoms with Gasteiger partial charge in [0.05, 0.1) is 48.5 Å². The molecule has 0 bridgehead atoms. The quantitative estimate of drug-likeness (QED) is 0.0271. The molecule has 0 unspecified atom stereocenters. The molecule has 6 amide bonds. The maximum Gasteiger partial charge on any atom is 1.00 e. The molecular weight excluding hydrogens is 921 g/mol. The normalized spacial score (nSPS) is 14.5. The van der Waals surface area contributed by atoms with Gasteiger partial charge in [0, 0.05) is 49.2 Å². The van der Waals surface area contributed by atoms with Crippen molar-refractivity contribution in [3.05, 3.63) is 77.7 Å². The first-order valence-electron chi connectivity index (χ1n) is 21.3. The number of amides is 6. The Morgan fingerprint density at radius 1 is 0.794 bits per heavy atom. The number of benzene rings is 2. The predicted molar refractivity (Wildman–Crippen MR) is 246 cm³/mol. The van der Waals surface area contributed by atoms with Crippen molar-refractivity contribution in [2.75, 3.05) is 37.6 Å². The number of fused-ring (bicyclic) bond motifs is 1. The molecule has 1 aliphatic heterocycles. The molecule has 0 saturated carbocycles. The van der Waals surface area contributed by atoms with Gasteiger partial charge in [-0.15, -0.1) is 11.3 Å². The number of hydrogen-bond acceptors (Lipinski definition) is 13. The number of carboxylic acids is 2. The number of piperazine rings is 1. The van der Waals surface area contributed by atoms with Crippen LogP contribution in [0.2, 0.25) is 0 Å². The van der Waals surface area contributed by atoms with Gasteiger partial charge in [0.1, 0.15) is 24.4 Å². The molecule has 5 atom stereocenters. The summed E-state index contributed by atoms with van der Waals surface area (Å²) in [7, 11) is 0. The van der Waals surface area contributed by atoms with Crippen LogP contribution in [0, 0.1) is 5.92 Å². The van der Waals surface area contributed by atoms with Crippen molar-refractivity contribution < 1.29 is 115 Å². The zero-order chi connectivity index (χ0) is 48.1. The van der Waals surface area contributed by atoms with Gasteiger partial charge in [-0.3, -0.25) is 43.3 Å². The van der Waals surface area contributed by atoms with Gasteiger partial charge < -0.3 is 60.1 Å². The first kappa shape index (κ1) is 57.3. The number of para-hydroxylation sites is 2. The third-order valence-electron chi connectivity index (χ3n) is 11.0. The topological polar surface area (TPSA) is 308 Å². The van der Waals surface area contributed by atoms with Crippen molar-refractivity contribution in [2.24, 2.45) is 17.4 Å². The van der Waals surface area contributed by atoms with E-state index in [1.165, 1.54) is 16.2 Å². The third-order valence-corrected chi connectivity index (χ3v) is 11.9. The monoisotopic (exact) mass is 977 g/mol. The summed E-state index contributed by atoms with van der Waals surface area (Å²) in [6, 6.07) is 11.5. The van der Waals surface area contributed by atoms with Crippen molar-refractivity contribution in [3.8, 4) is 10.6 Å². The van der Waals surface area contributed by atoms with Gasteiger partial charge >= 0.3 is 71.1 Å². The molecule has 23 heteroatoms. The molecule has 10 N–H and O–H groups in total. The number of imide groups is 1. The number of hydrogen-bond donors (Lipinski definition) is 8. The van der Waals surface area contributed by atoms with E-state index in [1.807, 2.05) is 47.8 Å². The van der Waals surface area contributed by atoms with E-state index in [-0.39, 0.29) is 93.8 Å². The number of anilines is 1. The molecule has 20 nitrogen and oxygen atoms in total. The fourth-order valence-corrected chi connectivity index (χ4v) is 8.50. The van der Waals surface area contributed by atoms with Crippen LogP contribution < -0.4 is 91.4 Å². The molecule has 2 aromatic heterocycles. The molecule has 68 heavy (non-hydrogen) atoms. The fraction of sp³-hybridized carbons (Fsp3) is 0.400. The van der Waals surface area contributed by atoms with Gasteiger partial charge in [0.2, 0.25) is 23.6 Å². The number of H-pyrrole nitrogens is 1. The average Bonchev–Trinajstić information content (AvgIpc) is 3.96. The number of nitrogens with one attached hydrogen (secondary N) is 4. The Bertz CT molecular complexity index is 2410. The number of aliphatic carboxylic acids is 2. The van der Waals surface area contributed by atoms with Crippen molar-refractivity contribution in [3.63, 3.8) is 0 Å². The molecule has 5 rings (SSSR count). The molecule has 2 aromatic carbocycles. The zero-order valence-electron chi connectivity index (χ0n) is 40.5. The van der Waals surface area contributed by atoms with Crippen molar-refractivity contribution in [2.45, 2.75) is 76.2 Å². The van der Waals surface area contributed by atoms with Crippen LogP contribution in [0.25, 0.3) is 21.5 Å². The molecule has 0 spiro atoms. The van der Waals surface area contributed by atoms with E-state index in [0.717, 1.165) is 10.6 Å². The van der Waals surface area contributed by atoms with Gasteiger partial charge in [0.15, 0.2) is 0 Å². The van der Waals surface area contributed by atoms with Crippen LogP contribution in [-0.2, 0) is 49.6 Å². The third kappa shape index (κ3) is 15.5. The predicted octanol–water partition coefficient (Wildman–Crippen LogP) is -4.93. The second-order valence-corrected chi connectivity index (χ2v) is 17.2. The summed E-state index contributed by atoms with van der Waals surface area (Å²) >= 11 is 1.39. The minimum absolute atomic E-state index is 0. The van der Waals surface area contributed by atoms with Gasteiger partial charge in [-0.25, -0.2) is 0 Å². The Labute approximate surface area is 443 Å². The van der Waals surface area contributed by atoms with Crippen molar-refractivity contribution in [1.29, 1.82) is 0 Å². The van der Waals surface area contributed by atoms with Crippen LogP contribution in [0.5, 0.6) is 0 Å². The zero-order valence-corrected chi connectivity index (χ0v) is 43.3. The standard InChI is InChI=1S/C45H55N9O11S.2Na.2H/c1-26(2)19-34(48-37(56)24-46)44(64)54(28(25-55)20-30-29-11-6-7-12-32(29)49-41(30)36-13-8-18-66-36)45(65)35(23-40(60)61)51-43(63)33(50-42(62)31(47)21-39(58)59)22-38(57)53-16-14-52(15-17-53)27-9-4-3-5-10-27;;;;/h3-13,18,25-26,28,31,33-35,49H,14-17,19-24,46-47H2,1-2H3,(H,48,56)(H,50,62)(H,51,63)(H,58,59)(H,60,61);;;;/q;2*+1;2*-1/t28-,31+,33-,34-,35-;;;;/m1..../s1. The molecule has 356 valence electrons. The minimum Gasteiger partial charge on any atom is -1.00 e. The number of aromatic amines is 1. The number of nitrogens with two attached hydrogens (primary N) is 2. The minimum atomic E-state index is -2.11. The summed E-state index contributed by atoms with van der Waals surface area (Å²) < 4.78 is 0. The van der Waals surface area contributed by atoms with Crippen molar-refractivity contribution >= 4 is 81.6 Å². The summed E-state index contributed by atoms with van der Waals surface area (Å²) in [6.07, 6.45) is -2.71. The van der Waals surface area contributed by atoms with E-state index < -0.39 is 103 Å². The number of carboxylic acid groups (broad SMARTS) is 2. The Balaban J connectivity index is 0.00000612. The van der Waals surface area contributed by atoms with E-state index in [9.17, 15) is 53.4 Å². The SMILES string of the molecule is CC(C)C[C@@H](NC(=O)CN)C(=O)N(C(=O)[C@@H](CC(=O)O)NC(=O)[C@@H](CC(=O)N1CCN(c2ccccc2)CC1)NC(=O)[C@@H](N)CC(=O)O)[C@@H](C=O)Cc1c(-c2cccs2)[nH]c2ccccc12.[H-].[H-].[Na+].[Na+]. The first-order valence-corrected chi connectivity index (χ1v) is 22.2. The number of aromatic nitrogens is 1. The van der Waals surface area contributed by atoms with Gasteiger partial charge in [-0.1, -0.05) is 56.3 Å². The molecule has 3 heterocycles. The molecule has 1 saturated heterocycles. The molecular formula is C45H57N9Na2O11S. The maximum absolute atomic E-state index is 15.0. The number of nitrogens with zero attached hydrogens (tertiary/aromatic N) is 3. The number of aldehydes is 1. The summed E-state index contributed by atoms with van der Waals surface area (Å²) in [4.78, 5) is 129. The second-order valence-electron chi connectivity index (χ2n) is 16.2. The summed E-state index contributed by atoms with van der Waals surface area (Å²) in [6.45, 7) is 4.25. The van der Waals surface area contributed by atoms with E-state index in [1.54, 1.807) is 38.1 Å². The van der Waals surface area contributed by atoms with Gasteiger partial charge in [-0.05, 0) is 47.5 Å². The number of carbonyl (C=O) groups is 9. The largest absolute Gasteiger partial charge is 1.00 e. The number of rotatable bonds is 22. The Kier molecular flexibility index (Phi) is 23.0. The molecule has 0 radical (unpaired) electrons. The van der Waals surface area contributed by atoms with E-state index >= 15 is 0 Å². The van der Waals surface area contributed by atoms with Gasteiger partial charge in [-0.2, -0.15) is 0 Å². The first-order chi connectivity index (χ1) is 31.5. The van der Waals surface area contributed by atoms with Crippen LogP contribution in [0.4, 0.5) is 5.69 Å². The van der Waals surface area contributed by atoms with E-state index in [0.29, 0.717) is 46.4 Å². The number of thiophene rings is 1. The summed E-state index contributed by atoms with van der Waals surface area (Å²) in [5, 5.41) is 29.0. The average molecular weight is 978 g/mol.